The van der Waals surface area contributed by atoms with Crippen molar-refractivity contribution in [3.8, 4) is 17.1 Å². The van der Waals surface area contributed by atoms with E-state index in [9.17, 15) is 0 Å². The van der Waals surface area contributed by atoms with Crippen LogP contribution in [0, 0.1) is 0 Å². The van der Waals surface area contributed by atoms with Crippen molar-refractivity contribution < 1.29 is 4.74 Å². The lowest BCUT2D eigenvalue weighted by molar-refractivity contribution is 0.418. The van der Waals surface area contributed by atoms with Gasteiger partial charge in [0.05, 0.1) is 30.4 Å². The minimum Gasteiger partial charge on any atom is -0.494 e. The Labute approximate surface area is 197 Å². The zero-order valence-electron chi connectivity index (χ0n) is 19.9. The van der Waals surface area contributed by atoms with E-state index in [-0.39, 0.29) is 0 Å². The molecule has 0 saturated heterocycles. The second kappa shape index (κ2) is 10.0. The van der Waals surface area contributed by atoms with Gasteiger partial charge in [-0.05, 0) is 12.1 Å². The van der Waals surface area contributed by atoms with Gasteiger partial charge >= 0.3 is 0 Å². The molecule has 4 aromatic heterocycles. The van der Waals surface area contributed by atoms with E-state index in [4.69, 9.17) is 4.74 Å². The molecule has 34 heavy (non-hydrogen) atoms. The number of benzene rings is 1. The number of nitrogens with one attached hydrogen (secondary N) is 3. The molecule has 0 atom stereocenters. The number of anilines is 4. The molecule has 1 aromatic carbocycles. The molecule has 4 heterocycles. The number of pyridine rings is 1. The Morgan fingerprint density at radius 3 is 2.47 bits per heavy atom. The molecule has 0 bridgehead atoms. The van der Waals surface area contributed by atoms with Crippen LogP contribution in [0.25, 0.3) is 22.6 Å². The monoisotopic (exact) mass is 460 g/mol. The molecular formula is C23H28N10O. The van der Waals surface area contributed by atoms with Gasteiger partial charge in [-0.2, -0.15) is 10.2 Å². The molecule has 176 valence electrons. The molecule has 0 aliphatic heterocycles. The van der Waals surface area contributed by atoms with Crippen LogP contribution in [-0.2, 0) is 14.1 Å². The summed E-state index contributed by atoms with van der Waals surface area (Å²) >= 11 is 0. The summed E-state index contributed by atoms with van der Waals surface area (Å²) in [7, 11) is 5.31. The second-order valence-electron chi connectivity index (χ2n) is 7.62. The van der Waals surface area contributed by atoms with Gasteiger partial charge in [0.15, 0.2) is 23.0 Å². The lowest BCUT2D eigenvalue weighted by Gasteiger charge is -2.15. The highest BCUT2D eigenvalue weighted by Crippen LogP contribution is 2.37. The number of hydrogen-bond acceptors (Lipinski definition) is 8. The third-order valence-electron chi connectivity index (χ3n) is 4.69. The third kappa shape index (κ3) is 4.82. The molecule has 0 aliphatic rings. The molecule has 0 unspecified atom stereocenters. The number of aromatic amines is 1. The number of aromatic nitrogens is 8. The van der Waals surface area contributed by atoms with Crippen LogP contribution in [0.1, 0.15) is 20.3 Å². The van der Waals surface area contributed by atoms with E-state index in [0.717, 1.165) is 22.5 Å². The first-order valence-corrected chi connectivity index (χ1v) is 10.9. The van der Waals surface area contributed by atoms with Gasteiger partial charge in [0, 0.05) is 32.4 Å². The van der Waals surface area contributed by atoms with Crippen LogP contribution in [0.2, 0.25) is 0 Å². The number of fused-ring (bicyclic) bond motifs is 1. The van der Waals surface area contributed by atoms with Crippen molar-refractivity contribution in [1.29, 1.82) is 0 Å². The van der Waals surface area contributed by atoms with Gasteiger partial charge in [0.1, 0.15) is 17.7 Å². The molecular weight excluding hydrogens is 432 g/mol. The van der Waals surface area contributed by atoms with Gasteiger partial charge < -0.3 is 20.4 Å². The van der Waals surface area contributed by atoms with Gasteiger partial charge in [-0.25, -0.2) is 15.0 Å². The van der Waals surface area contributed by atoms with E-state index in [1.54, 1.807) is 29.1 Å². The van der Waals surface area contributed by atoms with Gasteiger partial charge in [-0.1, -0.05) is 26.3 Å². The zero-order valence-corrected chi connectivity index (χ0v) is 19.9. The summed E-state index contributed by atoms with van der Waals surface area (Å²) < 4.78 is 9.09. The van der Waals surface area contributed by atoms with Crippen LogP contribution >= 0.6 is 0 Å². The molecule has 3 N–H and O–H groups in total. The number of methoxy groups -OCH3 is 1. The van der Waals surface area contributed by atoms with E-state index >= 15 is 0 Å². The fourth-order valence-corrected chi connectivity index (χ4v) is 3.34. The Morgan fingerprint density at radius 2 is 1.79 bits per heavy atom. The van der Waals surface area contributed by atoms with Crippen molar-refractivity contribution in [3.63, 3.8) is 0 Å². The van der Waals surface area contributed by atoms with E-state index in [1.807, 2.05) is 50.6 Å². The highest BCUT2D eigenvalue weighted by molar-refractivity contribution is 5.91. The molecule has 0 fully saturated rings. The van der Waals surface area contributed by atoms with Crippen molar-refractivity contribution >= 4 is 34.2 Å². The molecule has 5 rings (SSSR count). The summed E-state index contributed by atoms with van der Waals surface area (Å²) in [6, 6.07) is 9.54. The largest absolute Gasteiger partial charge is 0.494 e. The third-order valence-corrected chi connectivity index (χ3v) is 4.69. The van der Waals surface area contributed by atoms with E-state index in [2.05, 4.69) is 54.6 Å². The van der Waals surface area contributed by atoms with Crippen LogP contribution < -0.4 is 15.4 Å². The van der Waals surface area contributed by atoms with E-state index in [1.165, 1.54) is 6.42 Å². The number of ether oxygens (including phenoxy) is 1. The standard InChI is InChI=1S/C20H20N10O.C3H8/c1-29-8-7-15(27-29)25-16-9-14(17-20(26-16)22-10-21-17)24-13-6-4-5-12(18(13)31-3)19-23-11-30(2)28-19;1-3-2/h4-11H,1-3H3,(H3,21,22,24,25,26,27);3H2,1-2H3. The van der Waals surface area contributed by atoms with Crippen LogP contribution in [0.4, 0.5) is 23.0 Å². The van der Waals surface area contributed by atoms with Crippen molar-refractivity contribution in [2.75, 3.05) is 17.7 Å². The quantitative estimate of drug-likeness (QED) is 0.341. The molecule has 11 nitrogen and oxygen atoms in total. The summed E-state index contributed by atoms with van der Waals surface area (Å²) in [4.78, 5) is 16.4. The highest BCUT2D eigenvalue weighted by atomic mass is 16.5. The van der Waals surface area contributed by atoms with Crippen molar-refractivity contribution in [3.05, 3.63) is 49.2 Å². The van der Waals surface area contributed by atoms with E-state index < -0.39 is 0 Å². The molecule has 0 saturated carbocycles. The van der Waals surface area contributed by atoms with Crippen LogP contribution in [-0.4, -0.2) is 46.6 Å². The summed E-state index contributed by atoms with van der Waals surface area (Å²) in [5.74, 6) is 2.53. The number of para-hydroxylation sites is 1. The fraction of sp³-hybridized carbons (Fsp3) is 0.261. The minimum atomic E-state index is 0.574. The Kier molecular flexibility index (Phi) is 6.72. The molecule has 5 aromatic rings. The first-order valence-electron chi connectivity index (χ1n) is 10.9. The normalized spacial score (nSPS) is 10.6. The molecule has 0 radical (unpaired) electrons. The topological polar surface area (TPSA) is 123 Å². The number of rotatable bonds is 6. The summed E-state index contributed by atoms with van der Waals surface area (Å²) in [6.45, 7) is 4.25. The smallest absolute Gasteiger partial charge is 0.184 e. The molecule has 0 amide bonds. The number of imidazole rings is 1. The summed E-state index contributed by atoms with van der Waals surface area (Å²) in [5, 5.41) is 15.4. The highest BCUT2D eigenvalue weighted by Gasteiger charge is 2.16. The summed E-state index contributed by atoms with van der Waals surface area (Å²) in [6.07, 6.45) is 6.37. The number of hydrogen-bond donors (Lipinski definition) is 3. The SMILES string of the molecule is CCC.COc1c(Nc2cc(Nc3ccn(C)n3)nc3nc[nH]c23)cccc1-c1ncn(C)n1. The fourth-order valence-electron chi connectivity index (χ4n) is 3.34. The lowest BCUT2D eigenvalue weighted by Crippen LogP contribution is -2.01. The average Bonchev–Trinajstić information content (AvgIpc) is 3.56. The first kappa shape index (κ1) is 22.8. The average molecular weight is 461 g/mol. The maximum Gasteiger partial charge on any atom is 0.184 e. The van der Waals surface area contributed by atoms with Crippen molar-refractivity contribution in [1.82, 2.24) is 39.5 Å². The second-order valence-corrected chi connectivity index (χ2v) is 7.62. The lowest BCUT2D eigenvalue weighted by atomic mass is 10.1. The maximum atomic E-state index is 5.71. The minimum absolute atomic E-state index is 0.574. The molecule has 0 spiro atoms. The zero-order chi connectivity index (χ0) is 24.1. The van der Waals surface area contributed by atoms with E-state index in [0.29, 0.717) is 28.9 Å². The number of aryl methyl sites for hydroxylation is 2. The predicted molar refractivity (Wildman–Crippen MR) is 133 cm³/mol. The number of H-pyrrole nitrogens is 1. The van der Waals surface area contributed by atoms with Gasteiger partial charge in [-0.3, -0.25) is 9.36 Å². The summed E-state index contributed by atoms with van der Waals surface area (Å²) in [5.41, 5.74) is 3.68. The maximum absolute atomic E-state index is 5.71. The molecule has 0 aliphatic carbocycles. The van der Waals surface area contributed by atoms with Crippen molar-refractivity contribution in [2.24, 2.45) is 14.1 Å². The van der Waals surface area contributed by atoms with Crippen LogP contribution in [0.15, 0.2) is 49.2 Å². The van der Waals surface area contributed by atoms with Gasteiger partial charge in [-0.15, -0.1) is 0 Å². The Morgan fingerprint density at radius 1 is 0.971 bits per heavy atom. The van der Waals surface area contributed by atoms with Crippen molar-refractivity contribution in [2.45, 2.75) is 20.3 Å². The Balaban J connectivity index is 0.000000868. The molecule has 11 heteroatoms. The predicted octanol–water partition coefficient (Wildman–Crippen LogP) is 4.40. The van der Waals surface area contributed by atoms with Crippen LogP contribution in [0.5, 0.6) is 5.75 Å². The van der Waals surface area contributed by atoms with Gasteiger partial charge in [0.25, 0.3) is 0 Å². The van der Waals surface area contributed by atoms with Crippen LogP contribution in [0.3, 0.4) is 0 Å². The number of nitrogens with zero attached hydrogens (tertiary/aromatic N) is 7. The Bertz CT molecular complexity index is 1380. The Hall–Kier alpha value is -4.41. The van der Waals surface area contributed by atoms with Gasteiger partial charge in [0.2, 0.25) is 0 Å². The first-order chi connectivity index (χ1) is 16.5.